The van der Waals surface area contributed by atoms with Gasteiger partial charge in [-0.2, -0.15) is 0 Å². The van der Waals surface area contributed by atoms with Crippen LogP contribution in [0.2, 0.25) is 10.0 Å². The van der Waals surface area contributed by atoms with Gasteiger partial charge in [-0.05, 0) is 35.7 Å². The molecule has 4 heteroatoms. The predicted octanol–water partition coefficient (Wildman–Crippen LogP) is 5.91. The molecular formula is C18H13Cl2NO. The summed E-state index contributed by atoms with van der Waals surface area (Å²) in [6.07, 6.45) is 1.82. The molecule has 0 fully saturated rings. The summed E-state index contributed by atoms with van der Waals surface area (Å²) in [6.45, 7) is 0. The predicted molar refractivity (Wildman–Crippen MR) is 94.2 cm³/mol. The van der Waals surface area contributed by atoms with Crippen molar-refractivity contribution < 1.29 is 4.74 Å². The summed E-state index contributed by atoms with van der Waals surface area (Å²) in [7, 11) is 1.67. The van der Waals surface area contributed by atoms with Crippen molar-refractivity contribution in [2.75, 3.05) is 7.11 Å². The van der Waals surface area contributed by atoms with Gasteiger partial charge in [-0.25, -0.2) is 0 Å². The number of hydrogen-bond donors (Lipinski definition) is 0. The summed E-state index contributed by atoms with van der Waals surface area (Å²) < 4.78 is 5.40. The Bertz CT molecular complexity index is 859. The summed E-state index contributed by atoms with van der Waals surface area (Å²) in [5.74, 6) is 0.849. The number of rotatable bonds is 3. The van der Waals surface area contributed by atoms with Crippen LogP contribution in [0.3, 0.4) is 0 Å². The molecule has 0 aliphatic carbocycles. The van der Waals surface area contributed by atoms with Gasteiger partial charge in [0.15, 0.2) is 0 Å². The SMILES string of the molecule is COc1ccc(C=Nc2ccc(Cl)c(Cl)c2)c2ccccc12. The van der Waals surface area contributed by atoms with Crippen LogP contribution in [0.5, 0.6) is 5.75 Å². The topological polar surface area (TPSA) is 21.6 Å². The molecule has 0 spiro atoms. The maximum absolute atomic E-state index is 6.01. The van der Waals surface area contributed by atoms with Crippen molar-refractivity contribution in [2.24, 2.45) is 4.99 Å². The van der Waals surface area contributed by atoms with Crippen molar-refractivity contribution in [3.63, 3.8) is 0 Å². The number of fused-ring (bicyclic) bond motifs is 1. The number of nitrogens with zero attached hydrogens (tertiary/aromatic N) is 1. The minimum Gasteiger partial charge on any atom is -0.496 e. The van der Waals surface area contributed by atoms with Gasteiger partial charge in [0, 0.05) is 17.2 Å². The highest BCUT2D eigenvalue weighted by molar-refractivity contribution is 6.42. The smallest absolute Gasteiger partial charge is 0.126 e. The number of ether oxygens (including phenoxy) is 1. The van der Waals surface area contributed by atoms with E-state index in [0.717, 1.165) is 27.8 Å². The van der Waals surface area contributed by atoms with E-state index in [4.69, 9.17) is 27.9 Å². The molecule has 2 nitrogen and oxygen atoms in total. The second-order valence-corrected chi connectivity index (χ2v) is 5.57. The van der Waals surface area contributed by atoms with Crippen LogP contribution >= 0.6 is 23.2 Å². The molecular weight excluding hydrogens is 317 g/mol. The molecule has 0 saturated heterocycles. The zero-order valence-corrected chi connectivity index (χ0v) is 13.4. The monoisotopic (exact) mass is 329 g/mol. The quantitative estimate of drug-likeness (QED) is 0.547. The van der Waals surface area contributed by atoms with Gasteiger partial charge in [0.25, 0.3) is 0 Å². The second-order valence-electron chi connectivity index (χ2n) is 4.76. The first-order chi connectivity index (χ1) is 10.7. The third-order valence-corrected chi connectivity index (χ3v) is 4.13. The lowest BCUT2D eigenvalue weighted by Gasteiger charge is -2.07. The lowest BCUT2D eigenvalue weighted by molar-refractivity contribution is 0.420. The van der Waals surface area contributed by atoms with Gasteiger partial charge in [0.05, 0.1) is 22.8 Å². The number of benzene rings is 3. The third-order valence-electron chi connectivity index (χ3n) is 3.39. The normalized spacial score (nSPS) is 11.2. The minimum atomic E-state index is 0.496. The van der Waals surface area contributed by atoms with E-state index in [1.165, 1.54) is 0 Å². The van der Waals surface area contributed by atoms with E-state index in [2.05, 4.69) is 4.99 Å². The molecule has 0 saturated carbocycles. The zero-order chi connectivity index (χ0) is 15.5. The van der Waals surface area contributed by atoms with Gasteiger partial charge in [0.1, 0.15) is 5.75 Å². The Morgan fingerprint density at radius 2 is 1.68 bits per heavy atom. The van der Waals surface area contributed by atoms with Crippen LogP contribution in [0.15, 0.2) is 59.6 Å². The van der Waals surface area contributed by atoms with Crippen molar-refractivity contribution in [3.05, 3.63) is 70.2 Å². The molecule has 0 N–H and O–H groups in total. The largest absolute Gasteiger partial charge is 0.496 e. The maximum atomic E-state index is 6.01. The first kappa shape index (κ1) is 14.9. The van der Waals surface area contributed by atoms with E-state index in [9.17, 15) is 0 Å². The van der Waals surface area contributed by atoms with Crippen molar-refractivity contribution >= 4 is 45.9 Å². The summed E-state index contributed by atoms with van der Waals surface area (Å²) in [5.41, 5.74) is 1.77. The molecule has 0 bridgehead atoms. The molecule has 0 radical (unpaired) electrons. The molecule has 0 aliphatic rings. The van der Waals surface area contributed by atoms with Gasteiger partial charge in [0.2, 0.25) is 0 Å². The molecule has 3 aromatic carbocycles. The van der Waals surface area contributed by atoms with Gasteiger partial charge in [-0.1, -0.05) is 47.5 Å². The first-order valence-electron chi connectivity index (χ1n) is 6.74. The van der Waals surface area contributed by atoms with E-state index in [1.54, 1.807) is 19.2 Å². The van der Waals surface area contributed by atoms with E-state index in [1.807, 2.05) is 48.7 Å². The highest BCUT2D eigenvalue weighted by Crippen LogP contribution is 2.29. The van der Waals surface area contributed by atoms with Crippen LogP contribution in [-0.4, -0.2) is 13.3 Å². The molecule has 0 unspecified atom stereocenters. The molecule has 3 rings (SSSR count). The van der Waals surface area contributed by atoms with Crippen molar-refractivity contribution in [2.45, 2.75) is 0 Å². The average Bonchev–Trinajstić information content (AvgIpc) is 2.55. The van der Waals surface area contributed by atoms with Crippen molar-refractivity contribution in [3.8, 4) is 5.75 Å². The van der Waals surface area contributed by atoms with Crippen molar-refractivity contribution in [1.82, 2.24) is 0 Å². The molecule has 110 valence electrons. The highest BCUT2D eigenvalue weighted by atomic mass is 35.5. The van der Waals surface area contributed by atoms with Crippen LogP contribution in [0.1, 0.15) is 5.56 Å². The first-order valence-corrected chi connectivity index (χ1v) is 7.49. The van der Waals surface area contributed by atoms with Crippen LogP contribution in [0.4, 0.5) is 5.69 Å². The van der Waals surface area contributed by atoms with Crippen molar-refractivity contribution in [1.29, 1.82) is 0 Å². The maximum Gasteiger partial charge on any atom is 0.126 e. The Hall–Kier alpha value is -2.03. The van der Waals surface area contributed by atoms with E-state index >= 15 is 0 Å². The fraction of sp³-hybridized carbons (Fsp3) is 0.0556. The molecule has 0 heterocycles. The standard InChI is InChI=1S/C18H13Cl2NO/c1-22-18-9-6-12(14-4-2-3-5-15(14)18)11-21-13-7-8-16(19)17(20)10-13/h2-11H,1H3. The number of methoxy groups -OCH3 is 1. The zero-order valence-electron chi connectivity index (χ0n) is 11.9. The van der Waals surface area contributed by atoms with Crippen LogP contribution < -0.4 is 4.74 Å². The lowest BCUT2D eigenvalue weighted by Crippen LogP contribution is -1.89. The lowest BCUT2D eigenvalue weighted by atomic mass is 10.0. The Balaban J connectivity index is 2.03. The van der Waals surface area contributed by atoms with E-state index in [0.29, 0.717) is 10.0 Å². The van der Waals surface area contributed by atoms with E-state index in [-0.39, 0.29) is 0 Å². The molecule has 0 atom stereocenters. The summed E-state index contributed by atoms with van der Waals surface area (Å²) in [4.78, 5) is 4.48. The Labute approximate surface area is 139 Å². The molecule has 0 aliphatic heterocycles. The Morgan fingerprint density at radius 3 is 2.41 bits per heavy atom. The number of hydrogen-bond acceptors (Lipinski definition) is 2. The Kier molecular flexibility index (Phi) is 4.32. The average molecular weight is 330 g/mol. The third kappa shape index (κ3) is 2.94. The number of aliphatic imine (C=N–C) groups is 1. The van der Waals surface area contributed by atoms with Crippen LogP contribution in [0, 0.1) is 0 Å². The van der Waals surface area contributed by atoms with Gasteiger partial charge >= 0.3 is 0 Å². The molecule has 0 amide bonds. The second kappa shape index (κ2) is 6.39. The highest BCUT2D eigenvalue weighted by Gasteiger charge is 2.04. The number of halogens is 2. The van der Waals surface area contributed by atoms with E-state index < -0.39 is 0 Å². The summed E-state index contributed by atoms with van der Waals surface area (Å²) >= 11 is 11.9. The van der Waals surface area contributed by atoms with Gasteiger partial charge < -0.3 is 4.74 Å². The molecule has 22 heavy (non-hydrogen) atoms. The fourth-order valence-electron chi connectivity index (χ4n) is 2.29. The minimum absolute atomic E-state index is 0.496. The van der Waals surface area contributed by atoms with Gasteiger partial charge in [-0.3, -0.25) is 4.99 Å². The van der Waals surface area contributed by atoms with Crippen LogP contribution in [0.25, 0.3) is 10.8 Å². The fourth-order valence-corrected chi connectivity index (χ4v) is 2.59. The molecule has 0 aromatic heterocycles. The summed E-state index contributed by atoms with van der Waals surface area (Å²) in [6, 6.07) is 17.3. The van der Waals surface area contributed by atoms with Crippen LogP contribution in [-0.2, 0) is 0 Å². The van der Waals surface area contributed by atoms with Gasteiger partial charge in [-0.15, -0.1) is 0 Å². The summed E-state index contributed by atoms with van der Waals surface area (Å²) in [5, 5.41) is 3.17. The Morgan fingerprint density at radius 1 is 0.909 bits per heavy atom. The molecule has 3 aromatic rings.